The molecule has 0 aromatic carbocycles. The maximum atomic E-state index is 11.7. The Morgan fingerprint density at radius 2 is 2.05 bits per heavy atom. The van der Waals surface area contributed by atoms with Gasteiger partial charge in [0.15, 0.2) is 0 Å². The van der Waals surface area contributed by atoms with Crippen LogP contribution in [0, 0.1) is 0 Å². The number of rotatable bonds is 7. The molecule has 7 nitrogen and oxygen atoms in total. The van der Waals surface area contributed by atoms with E-state index in [2.05, 4.69) is 10.6 Å². The van der Waals surface area contributed by atoms with E-state index in [9.17, 15) is 14.7 Å². The number of aliphatic carboxylic acids is 1. The Kier molecular flexibility index (Phi) is 6.58. The lowest BCUT2D eigenvalue weighted by molar-refractivity contribution is -0.148. The van der Waals surface area contributed by atoms with Crippen molar-refractivity contribution in [3.63, 3.8) is 0 Å². The summed E-state index contributed by atoms with van der Waals surface area (Å²) in [5.41, 5.74) is -1.21. The van der Waals surface area contributed by atoms with Gasteiger partial charge in [0.1, 0.15) is 5.54 Å². The molecule has 0 spiro atoms. The van der Waals surface area contributed by atoms with E-state index in [1.807, 2.05) is 6.92 Å². The molecule has 0 unspecified atom stereocenters. The first kappa shape index (κ1) is 15.7. The predicted molar refractivity (Wildman–Crippen MR) is 68.1 cm³/mol. The van der Waals surface area contributed by atoms with Crippen molar-refractivity contribution in [1.29, 1.82) is 0 Å². The number of hydrogen-bond donors (Lipinski definition) is 3. The van der Waals surface area contributed by atoms with Gasteiger partial charge in [0, 0.05) is 45.8 Å². The summed E-state index contributed by atoms with van der Waals surface area (Å²) < 4.78 is 10.3. The monoisotopic (exact) mass is 274 g/mol. The molecule has 0 saturated carbocycles. The van der Waals surface area contributed by atoms with E-state index >= 15 is 0 Å². The van der Waals surface area contributed by atoms with Gasteiger partial charge in [-0.05, 0) is 13.3 Å². The fourth-order valence-corrected chi connectivity index (χ4v) is 1.89. The third-order valence-electron chi connectivity index (χ3n) is 3.06. The lowest BCUT2D eigenvalue weighted by atomic mass is 9.90. The van der Waals surface area contributed by atoms with Crippen LogP contribution in [0.15, 0.2) is 0 Å². The van der Waals surface area contributed by atoms with Crippen molar-refractivity contribution in [2.75, 3.05) is 33.0 Å². The Balaban J connectivity index is 2.33. The minimum atomic E-state index is -1.21. The van der Waals surface area contributed by atoms with Gasteiger partial charge in [-0.3, -0.25) is 0 Å². The van der Waals surface area contributed by atoms with Gasteiger partial charge in [0.2, 0.25) is 0 Å². The van der Waals surface area contributed by atoms with Crippen LogP contribution >= 0.6 is 0 Å². The van der Waals surface area contributed by atoms with Gasteiger partial charge >= 0.3 is 12.0 Å². The first-order valence-electron chi connectivity index (χ1n) is 6.55. The molecule has 0 radical (unpaired) electrons. The third-order valence-corrected chi connectivity index (χ3v) is 3.06. The molecule has 0 aliphatic carbocycles. The minimum absolute atomic E-state index is 0.286. The van der Waals surface area contributed by atoms with Crippen LogP contribution in [-0.4, -0.2) is 55.6 Å². The summed E-state index contributed by atoms with van der Waals surface area (Å²) in [5, 5.41) is 14.4. The topological polar surface area (TPSA) is 96.9 Å². The zero-order chi connectivity index (χ0) is 14.1. The number of carboxylic acids is 1. The molecule has 0 atom stereocenters. The molecule has 1 aliphatic rings. The summed E-state index contributed by atoms with van der Waals surface area (Å²) in [6.07, 6.45) is 1.27. The molecule has 2 amide bonds. The van der Waals surface area contributed by atoms with Crippen LogP contribution < -0.4 is 10.6 Å². The molecule has 1 fully saturated rings. The largest absolute Gasteiger partial charge is 0.480 e. The summed E-state index contributed by atoms with van der Waals surface area (Å²) in [4.78, 5) is 23.0. The summed E-state index contributed by atoms with van der Waals surface area (Å²) in [7, 11) is 0. The number of ether oxygens (including phenoxy) is 2. The second-order valence-electron chi connectivity index (χ2n) is 4.43. The fourth-order valence-electron chi connectivity index (χ4n) is 1.89. The third kappa shape index (κ3) is 5.04. The van der Waals surface area contributed by atoms with E-state index in [1.54, 1.807) is 0 Å². The quantitative estimate of drug-likeness (QED) is 0.582. The molecule has 7 heteroatoms. The van der Waals surface area contributed by atoms with Crippen LogP contribution in [-0.2, 0) is 14.3 Å². The van der Waals surface area contributed by atoms with Gasteiger partial charge in [0.05, 0.1) is 0 Å². The second-order valence-corrected chi connectivity index (χ2v) is 4.43. The van der Waals surface area contributed by atoms with Crippen LogP contribution in [0.25, 0.3) is 0 Å². The normalized spacial score (nSPS) is 17.7. The Morgan fingerprint density at radius 1 is 1.37 bits per heavy atom. The molecular weight excluding hydrogens is 252 g/mol. The molecule has 1 aliphatic heterocycles. The number of carbonyl (C=O) groups excluding carboxylic acids is 1. The van der Waals surface area contributed by atoms with Gasteiger partial charge < -0.3 is 25.2 Å². The number of urea groups is 1. The molecule has 0 bridgehead atoms. The number of nitrogens with one attached hydrogen (secondary N) is 2. The zero-order valence-electron chi connectivity index (χ0n) is 11.2. The van der Waals surface area contributed by atoms with Crippen molar-refractivity contribution < 1.29 is 24.2 Å². The van der Waals surface area contributed by atoms with Gasteiger partial charge in [-0.1, -0.05) is 0 Å². The predicted octanol–water partition coefficient (Wildman–Crippen LogP) is 0.346. The van der Waals surface area contributed by atoms with Crippen LogP contribution in [0.3, 0.4) is 0 Å². The van der Waals surface area contributed by atoms with Crippen molar-refractivity contribution in [2.45, 2.75) is 31.7 Å². The molecule has 110 valence electrons. The van der Waals surface area contributed by atoms with Gasteiger partial charge in [-0.15, -0.1) is 0 Å². The average molecular weight is 274 g/mol. The number of hydrogen-bond acceptors (Lipinski definition) is 4. The Labute approximate surface area is 112 Å². The fraction of sp³-hybridized carbons (Fsp3) is 0.833. The Morgan fingerprint density at radius 3 is 2.63 bits per heavy atom. The standard InChI is InChI=1S/C12H22N2O5/c1-2-18-7-3-6-13-11(17)14-12(10(15)16)4-8-19-9-5-12/h2-9H2,1H3,(H,15,16)(H2,13,14,17). The number of carbonyl (C=O) groups is 2. The molecule has 1 rings (SSSR count). The SMILES string of the molecule is CCOCCCNC(=O)NC1(C(=O)O)CCOCC1. The molecule has 1 saturated heterocycles. The Bertz CT molecular complexity index is 302. The van der Waals surface area contributed by atoms with Gasteiger partial charge in [-0.2, -0.15) is 0 Å². The molecule has 1 heterocycles. The molecule has 3 N–H and O–H groups in total. The van der Waals surface area contributed by atoms with E-state index in [-0.39, 0.29) is 12.8 Å². The van der Waals surface area contributed by atoms with Crippen molar-refractivity contribution >= 4 is 12.0 Å². The molecule has 0 aromatic rings. The lowest BCUT2D eigenvalue weighted by Gasteiger charge is -2.33. The summed E-state index contributed by atoms with van der Waals surface area (Å²) in [6, 6.07) is -0.458. The second kappa shape index (κ2) is 7.96. The molecular formula is C12H22N2O5. The van der Waals surface area contributed by atoms with E-state index in [4.69, 9.17) is 9.47 Å². The molecule has 0 aromatic heterocycles. The minimum Gasteiger partial charge on any atom is -0.480 e. The van der Waals surface area contributed by atoms with Crippen LogP contribution in [0.1, 0.15) is 26.2 Å². The highest BCUT2D eigenvalue weighted by molar-refractivity contribution is 5.86. The lowest BCUT2D eigenvalue weighted by Crippen LogP contribution is -2.59. The first-order chi connectivity index (χ1) is 9.10. The zero-order valence-corrected chi connectivity index (χ0v) is 11.2. The van der Waals surface area contributed by atoms with Crippen molar-refractivity contribution in [3.8, 4) is 0 Å². The van der Waals surface area contributed by atoms with E-state index in [1.165, 1.54) is 0 Å². The number of amides is 2. The van der Waals surface area contributed by atoms with Crippen molar-refractivity contribution in [2.24, 2.45) is 0 Å². The summed E-state index contributed by atoms with van der Waals surface area (Å²) in [6.45, 7) is 4.27. The summed E-state index contributed by atoms with van der Waals surface area (Å²) in [5.74, 6) is -1.01. The summed E-state index contributed by atoms with van der Waals surface area (Å²) >= 11 is 0. The maximum Gasteiger partial charge on any atom is 0.329 e. The Hall–Kier alpha value is -1.34. The van der Waals surface area contributed by atoms with Crippen molar-refractivity contribution in [1.82, 2.24) is 10.6 Å². The smallest absolute Gasteiger partial charge is 0.329 e. The van der Waals surface area contributed by atoms with Gasteiger partial charge in [-0.25, -0.2) is 9.59 Å². The highest BCUT2D eigenvalue weighted by Gasteiger charge is 2.41. The van der Waals surface area contributed by atoms with E-state index in [0.29, 0.717) is 39.4 Å². The number of carboxylic acid groups (broad SMARTS) is 1. The van der Waals surface area contributed by atoms with Gasteiger partial charge in [0.25, 0.3) is 0 Å². The highest BCUT2D eigenvalue weighted by atomic mass is 16.5. The first-order valence-corrected chi connectivity index (χ1v) is 6.55. The van der Waals surface area contributed by atoms with E-state index in [0.717, 1.165) is 0 Å². The average Bonchev–Trinajstić information content (AvgIpc) is 2.39. The van der Waals surface area contributed by atoms with E-state index < -0.39 is 17.5 Å². The van der Waals surface area contributed by atoms with Crippen LogP contribution in [0.5, 0.6) is 0 Å². The van der Waals surface area contributed by atoms with Crippen LogP contribution in [0.4, 0.5) is 4.79 Å². The molecule has 19 heavy (non-hydrogen) atoms. The highest BCUT2D eigenvalue weighted by Crippen LogP contribution is 2.20. The van der Waals surface area contributed by atoms with Crippen molar-refractivity contribution in [3.05, 3.63) is 0 Å². The van der Waals surface area contributed by atoms with Crippen LogP contribution in [0.2, 0.25) is 0 Å². The maximum absolute atomic E-state index is 11.7.